The fourth-order valence-corrected chi connectivity index (χ4v) is 3.94. The lowest BCUT2D eigenvalue weighted by atomic mass is 9.94. The number of nitrogens with one attached hydrogen (secondary N) is 1. The first-order valence-electron chi connectivity index (χ1n) is 11.8. The van der Waals surface area contributed by atoms with E-state index in [4.69, 9.17) is 10.7 Å². The number of nitrogens with two attached hydrogens (primary N) is 1. The van der Waals surface area contributed by atoms with Gasteiger partial charge in [-0.25, -0.2) is 8.78 Å². The number of pyridine rings is 1. The topological polar surface area (TPSA) is 63.3 Å². The quantitative estimate of drug-likeness (QED) is 0.227. The molecule has 0 saturated carbocycles. The summed E-state index contributed by atoms with van der Waals surface area (Å²) in [4.78, 5) is 9.14. The monoisotopic (exact) mass is 498 g/mol. The number of aliphatic imine (C=N–C) groups is 1. The molecular formula is C31H32F2N4. The molecule has 0 aliphatic heterocycles. The molecule has 0 radical (unpaired) electrons. The summed E-state index contributed by atoms with van der Waals surface area (Å²) < 4.78 is 29.5. The maximum atomic E-state index is 14.7. The molecule has 6 heteroatoms. The predicted molar refractivity (Wildman–Crippen MR) is 151 cm³/mol. The molecule has 1 unspecified atom stereocenters. The number of nitrogens with zero attached hydrogens (tertiary/aromatic N) is 2. The standard InChI is InChI=1S/C31H32F2N4/c1-21-18-26(20-35-19-21)23(3)36-28-16-11-15-27(25-13-7-6-8-14-25)29(28)24(4)37-30(31(5,32)33)22(2)12-9-10-17-34/h6-20,30,37H,2,4,34H2,1,3,5H3/b12-9-,17-10-,36-23?. The number of allylic oxidation sites excluding steroid dienone is 2. The van der Waals surface area contributed by atoms with Crippen molar-refractivity contribution in [3.63, 3.8) is 0 Å². The average Bonchev–Trinajstić information content (AvgIpc) is 2.87. The van der Waals surface area contributed by atoms with E-state index in [0.29, 0.717) is 16.9 Å². The molecule has 0 saturated heterocycles. The summed E-state index contributed by atoms with van der Waals surface area (Å²) in [6, 6.07) is 16.0. The van der Waals surface area contributed by atoms with Gasteiger partial charge in [-0.05, 0) is 60.5 Å². The van der Waals surface area contributed by atoms with Crippen LogP contribution in [0.2, 0.25) is 0 Å². The Morgan fingerprint density at radius 2 is 1.81 bits per heavy atom. The van der Waals surface area contributed by atoms with Gasteiger partial charge in [-0.1, -0.05) is 67.8 Å². The van der Waals surface area contributed by atoms with Crippen molar-refractivity contribution in [3.8, 4) is 11.1 Å². The van der Waals surface area contributed by atoms with Crippen LogP contribution in [0.15, 0.2) is 115 Å². The minimum Gasteiger partial charge on any atom is -0.405 e. The Kier molecular flexibility index (Phi) is 8.90. The van der Waals surface area contributed by atoms with Crippen LogP contribution in [0.3, 0.4) is 0 Å². The maximum Gasteiger partial charge on any atom is 0.269 e. The molecule has 37 heavy (non-hydrogen) atoms. The zero-order valence-electron chi connectivity index (χ0n) is 21.4. The first-order chi connectivity index (χ1) is 17.6. The summed E-state index contributed by atoms with van der Waals surface area (Å²) in [5, 5.41) is 2.94. The van der Waals surface area contributed by atoms with Gasteiger partial charge in [0.05, 0.1) is 5.69 Å². The molecule has 0 bridgehead atoms. The van der Waals surface area contributed by atoms with Gasteiger partial charge in [-0.2, -0.15) is 0 Å². The molecule has 0 spiro atoms. The molecular weight excluding hydrogens is 466 g/mol. The van der Waals surface area contributed by atoms with Gasteiger partial charge in [0.2, 0.25) is 0 Å². The molecule has 1 heterocycles. The molecule has 1 aromatic heterocycles. The van der Waals surface area contributed by atoms with Crippen LogP contribution in [0.5, 0.6) is 0 Å². The number of halogens is 2. The molecule has 3 N–H and O–H groups in total. The van der Waals surface area contributed by atoms with E-state index in [1.165, 1.54) is 12.3 Å². The van der Waals surface area contributed by atoms with Gasteiger partial charge in [0.25, 0.3) is 5.92 Å². The second kappa shape index (κ2) is 12.1. The van der Waals surface area contributed by atoms with Gasteiger partial charge >= 0.3 is 0 Å². The highest BCUT2D eigenvalue weighted by molar-refractivity contribution is 6.01. The summed E-state index contributed by atoms with van der Waals surface area (Å²) in [5.41, 5.74) is 11.5. The summed E-state index contributed by atoms with van der Waals surface area (Å²) in [7, 11) is 0. The molecule has 0 fully saturated rings. The van der Waals surface area contributed by atoms with Crippen molar-refractivity contribution < 1.29 is 8.78 Å². The van der Waals surface area contributed by atoms with Crippen molar-refractivity contribution in [2.24, 2.45) is 10.7 Å². The lowest BCUT2D eigenvalue weighted by molar-refractivity contribution is 0.0000235. The van der Waals surface area contributed by atoms with E-state index >= 15 is 0 Å². The number of alkyl halides is 2. The second-order valence-electron chi connectivity index (χ2n) is 8.85. The van der Waals surface area contributed by atoms with Gasteiger partial charge in [0.15, 0.2) is 0 Å². The largest absolute Gasteiger partial charge is 0.405 e. The summed E-state index contributed by atoms with van der Waals surface area (Å²) in [6.07, 6.45) is 9.47. The van der Waals surface area contributed by atoms with Gasteiger partial charge in [0.1, 0.15) is 6.04 Å². The van der Waals surface area contributed by atoms with Crippen LogP contribution < -0.4 is 11.1 Å². The number of aromatic nitrogens is 1. The molecule has 3 aromatic rings. The maximum absolute atomic E-state index is 14.7. The van der Waals surface area contributed by atoms with Gasteiger partial charge in [-0.15, -0.1) is 0 Å². The van der Waals surface area contributed by atoms with E-state index in [2.05, 4.69) is 23.5 Å². The lowest BCUT2D eigenvalue weighted by Gasteiger charge is -2.28. The number of benzene rings is 2. The smallest absolute Gasteiger partial charge is 0.269 e. The summed E-state index contributed by atoms with van der Waals surface area (Å²) in [5.74, 6) is -3.12. The predicted octanol–water partition coefficient (Wildman–Crippen LogP) is 7.37. The first kappa shape index (κ1) is 27.3. The minimum absolute atomic E-state index is 0.191. The number of hydrogen-bond acceptors (Lipinski definition) is 4. The Labute approximate surface area is 217 Å². The molecule has 2 aromatic carbocycles. The van der Waals surface area contributed by atoms with Crippen molar-refractivity contribution in [1.29, 1.82) is 0 Å². The van der Waals surface area contributed by atoms with Crippen molar-refractivity contribution >= 4 is 17.1 Å². The van der Waals surface area contributed by atoms with Gasteiger partial charge < -0.3 is 11.1 Å². The lowest BCUT2D eigenvalue weighted by Crippen LogP contribution is -2.43. The minimum atomic E-state index is -3.12. The highest BCUT2D eigenvalue weighted by Gasteiger charge is 2.36. The average molecular weight is 499 g/mol. The van der Waals surface area contributed by atoms with Crippen LogP contribution in [0.4, 0.5) is 14.5 Å². The van der Waals surface area contributed by atoms with E-state index < -0.39 is 12.0 Å². The summed E-state index contributed by atoms with van der Waals surface area (Å²) in [6.45, 7) is 12.7. The zero-order chi connectivity index (χ0) is 27.0. The molecule has 3 rings (SSSR count). The highest BCUT2D eigenvalue weighted by Crippen LogP contribution is 2.36. The number of aryl methyl sites for hydroxylation is 1. The van der Waals surface area contributed by atoms with Crippen molar-refractivity contribution in [2.45, 2.75) is 32.7 Å². The Hall–Kier alpha value is -4.32. The van der Waals surface area contributed by atoms with Crippen LogP contribution in [-0.4, -0.2) is 22.7 Å². The normalized spacial score (nSPS) is 13.2. The van der Waals surface area contributed by atoms with E-state index in [1.807, 2.05) is 68.4 Å². The molecule has 0 amide bonds. The van der Waals surface area contributed by atoms with E-state index in [-0.39, 0.29) is 5.57 Å². The fraction of sp³-hybridized carbons (Fsp3) is 0.161. The van der Waals surface area contributed by atoms with Crippen LogP contribution in [-0.2, 0) is 0 Å². The van der Waals surface area contributed by atoms with Crippen molar-refractivity contribution in [3.05, 3.63) is 127 Å². The van der Waals surface area contributed by atoms with Crippen LogP contribution >= 0.6 is 0 Å². The SMILES string of the molecule is C=C(NC(C(=C)/C=C\C=C/N)C(C)(F)F)c1c(N=C(C)c2cncc(C)c2)cccc1-c1ccccc1. The third kappa shape index (κ3) is 7.10. The fourth-order valence-electron chi connectivity index (χ4n) is 3.94. The Bertz CT molecular complexity index is 1350. The van der Waals surface area contributed by atoms with Crippen LogP contribution in [0.25, 0.3) is 16.8 Å². The third-order valence-corrected chi connectivity index (χ3v) is 5.74. The number of rotatable bonds is 10. The van der Waals surface area contributed by atoms with Gasteiger partial charge in [-0.3, -0.25) is 9.98 Å². The van der Waals surface area contributed by atoms with Gasteiger partial charge in [0, 0.05) is 41.9 Å². The molecule has 1 atom stereocenters. The Balaban J connectivity index is 2.13. The second-order valence-corrected chi connectivity index (χ2v) is 8.85. The molecule has 0 aliphatic carbocycles. The van der Waals surface area contributed by atoms with E-state index in [9.17, 15) is 8.78 Å². The van der Waals surface area contributed by atoms with E-state index in [1.54, 1.807) is 24.5 Å². The third-order valence-electron chi connectivity index (χ3n) is 5.74. The highest BCUT2D eigenvalue weighted by atomic mass is 19.3. The van der Waals surface area contributed by atoms with Crippen LogP contribution in [0.1, 0.15) is 30.5 Å². The Morgan fingerprint density at radius 3 is 2.46 bits per heavy atom. The Morgan fingerprint density at radius 1 is 1.08 bits per heavy atom. The summed E-state index contributed by atoms with van der Waals surface area (Å²) >= 11 is 0. The molecule has 4 nitrogen and oxygen atoms in total. The molecule has 0 aliphatic rings. The van der Waals surface area contributed by atoms with E-state index in [0.717, 1.165) is 34.9 Å². The first-order valence-corrected chi connectivity index (χ1v) is 11.8. The van der Waals surface area contributed by atoms with Crippen molar-refractivity contribution in [2.75, 3.05) is 0 Å². The molecule has 190 valence electrons. The van der Waals surface area contributed by atoms with Crippen molar-refractivity contribution in [1.82, 2.24) is 10.3 Å². The van der Waals surface area contributed by atoms with Crippen LogP contribution in [0, 0.1) is 6.92 Å². The number of hydrogen-bond donors (Lipinski definition) is 2. The zero-order valence-corrected chi connectivity index (χ0v) is 21.4.